The second-order valence-electron chi connectivity index (χ2n) is 5.94. The van der Waals surface area contributed by atoms with Gasteiger partial charge in [-0.3, -0.25) is 9.69 Å². The van der Waals surface area contributed by atoms with Gasteiger partial charge in [0.2, 0.25) is 5.91 Å². The summed E-state index contributed by atoms with van der Waals surface area (Å²) in [5.74, 6) is 5.53. The van der Waals surface area contributed by atoms with Crippen LogP contribution in [-0.2, 0) is 4.79 Å². The molecule has 0 aromatic heterocycles. The number of hydrogen-bond acceptors (Lipinski definition) is 2. The zero-order chi connectivity index (χ0) is 18.2. The van der Waals surface area contributed by atoms with Gasteiger partial charge < -0.3 is 5.32 Å². The summed E-state index contributed by atoms with van der Waals surface area (Å²) in [6.45, 7) is 2.52. The van der Waals surface area contributed by atoms with Gasteiger partial charge in [-0.1, -0.05) is 36.1 Å². The third kappa shape index (κ3) is 9.01. The van der Waals surface area contributed by atoms with Crippen LogP contribution >= 0.6 is 0 Å². The first-order valence-corrected chi connectivity index (χ1v) is 7.40. The highest BCUT2D eigenvalue weighted by atomic mass is 19.4. The SMILES string of the molecule is CN(C/C=C/C(=O)NC(C)(C)C#Cc1ccccc1)CC(F)(F)F. The molecule has 6 heteroatoms. The Balaban J connectivity index is 2.51. The molecule has 0 radical (unpaired) electrons. The molecule has 0 aliphatic carbocycles. The summed E-state index contributed by atoms with van der Waals surface area (Å²) >= 11 is 0. The fraction of sp³-hybridized carbons (Fsp3) is 0.389. The molecule has 0 fully saturated rings. The van der Waals surface area contributed by atoms with Gasteiger partial charge in [0.1, 0.15) is 0 Å². The fourth-order valence-corrected chi connectivity index (χ4v) is 1.84. The van der Waals surface area contributed by atoms with Crippen molar-refractivity contribution in [3.05, 3.63) is 48.0 Å². The van der Waals surface area contributed by atoms with E-state index in [1.165, 1.54) is 19.2 Å². The molecule has 0 saturated carbocycles. The molecular formula is C18H21F3N2O. The molecule has 0 atom stereocenters. The maximum atomic E-state index is 12.2. The van der Waals surface area contributed by atoms with Gasteiger partial charge in [-0.25, -0.2) is 0 Å². The molecule has 1 amide bonds. The molecule has 0 saturated heterocycles. The number of rotatable bonds is 5. The molecule has 1 aromatic carbocycles. The third-order valence-corrected chi connectivity index (χ3v) is 2.86. The van der Waals surface area contributed by atoms with E-state index in [4.69, 9.17) is 0 Å². The highest BCUT2D eigenvalue weighted by Crippen LogP contribution is 2.15. The standard InChI is InChI=1S/C18H21F3N2O/c1-17(2,12-11-15-8-5-4-6-9-15)22-16(24)10-7-13-23(3)14-18(19,20)21/h4-10H,13-14H2,1-3H3,(H,22,24)/b10-7+. The molecule has 0 bridgehead atoms. The van der Waals surface area contributed by atoms with Crippen LogP contribution in [0.25, 0.3) is 0 Å². The Hall–Kier alpha value is -2.26. The van der Waals surface area contributed by atoms with Crippen molar-refractivity contribution in [2.75, 3.05) is 20.1 Å². The Morgan fingerprint density at radius 3 is 2.46 bits per heavy atom. The predicted molar refractivity (Wildman–Crippen MR) is 88.2 cm³/mol. The minimum Gasteiger partial charge on any atom is -0.337 e. The van der Waals surface area contributed by atoms with Crippen LogP contribution < -0.4 is 5.32 Å². The number of carbonyl (C=O) groups excluding carboxylic acids is 1. The second-order valence-corrected chi connectivity index (χ2v) is 5.94. The van der Waals surface area contributed by atoms with Gasteiger partial charge in [0.05, 0.1) is 12.1 Å². The van der Waals surface area contributed by atoms with E-state index in [1.807, 2.05) is 30.3 Å². The van der Waals surface area contributed by atoms with Crippen LogP contribution in [0, 0.1) is 11.8 Å². The first-order valence-electron chi connectivity index (χ1n) is 7.40. The number of halogens is 3. The molecule has 130 valence electrons. The molecule has 0 unspecified atom stereocenters. The lowest BCUT2D eigenvalue weighted by Crippen LogP contribution is -2.41. The van der Waals surface area contributed by atoms with Crippen LogP contribution in [0.5, 0.6) is 0 Å². The van der Waals surface area contributed by atoms with Crippen LogP contribution in [0.1, 0.15) is 19.4 Å². The van der Waals surface area contributed by atoms with E-state index in [0.717, 1.165) is 10.5 Å². The number of carbonyl (C=O) groups is 1. The molecule has 0 spiro atoms. The van der Waals surface area contributed by atoms with E-state index < -0.39 is 24.2 Å². The van der Waals surface area contributed by atoms with Gasteiger partial charge in [-0.05, 0) is 33.0 Å². The number of benzene rings is 1. The Labute approximate surface area is 140 Å². The number of amides is 1. The summed E-state index contributed by atoms with van der Waals surface area (Å²) in [7, 11) is 1.34. The van der Waals surface area contributed by atoms with Crippen molar-refractivity contribution in [2.24, 2.45) is 0 Å². The van der Waals surface area contributed by atoms with Crippen LogP contribution in [0.2, 0.25) is 0 Å². The van der Waals surface area contributed by atoms with E-state index in [9.17, 15) is 18.0 Å². The predicted octanol–water partition coefficient (Wildman–Crippen LogP) is 2.98. The second kappa shape index (κ2) is 8.55. The molecular weight excluding hydrogens is 317 g/mol. The largest absolute Gasteiger partial charge is 0.401 e. The summed E-state index contributed by atoms with van der Waals surface area (Å²) in [6, 6.07) is 9.35. The number of hydrogen-bond donors (Lipinski definition) is 1. The molecule has 0 aliphatic rings. The van der Waals surface area contributed by atoms with Crippen LogP contribution in [0.3, 0.4) is 0 Å². The lowest BCUT2D eigenvalue weighted by molar-refractivity contribution is -0.141. The maximum Gasteiger partial charge on any atom is 0.401 e. The van der Waals surface area contributed by atoms with Crippen molar-refractivity contribution < 1.29 is 18.0 Å². The smallest absolute Gasteiger partial charge is 0.337 e. The molecule has 3 nitrogen and oxygen atoms in total. The van der Waals surface area contributed by atoms with E-state index in [2.05, 4.69) is 17.2 Å². The summed E-state index contributed by atoms with van der Waals surface area (Å²) in [5.41, 5.74) is 0.0823. The fourth-order valence-electron chi connectivity index (χ4n) is 1.84. The van der Waals surface area contributed by atoms with Gasteiger partial charge in [-0.15, -0.1) is 0 Å². The Morgan fingerprint density at radius 2 is 1.88 bits per heavy atom. The molecule has 24 heavy (non-hydrogen) atoms. The van der Waals surface area contributed by atoms with Crippen molar-refractivity contribution in [1.29, 1.82) is 0 Å². The van der Waals surface area contributed by atoms with Gasteiger partial charge in [0.15, 0.2) is 0 Å². The third-order valence-electron chi connectivity index (χ3n) is 2.86. The zero-order valence-electron chi connectivity index (χ0n) is 13.9. The molecule has 0 aliphatic heterocycles. The van der Waals surface area contributed by atoms with Crippen molar-refractivity contribution in [1.82, 2.24) is 10.2 Å². The average molecular weight is 338 g/mol. The van der Waals surface area contributed by atoms with Crippen LogP contribution in [-0.4, -0.2) is 42.7 Å². The van der Waals surface area contributed by atoms with Crippen molar-refractivity contribution in [3.8, 4) is 11.8 Å². The first kappa shape index (κ1) is 19.8. The summed E-state index contributed by atoms with van der Waals surface area (Å²) in [4.78, 5) is 12.9. The van der Waals surface area contributed by atoms with Crippen molar-refractivity contribution >= 4 is 5.91 Å². The minimum atomic E-state index is -4.25. The molecule has 0 heterocycles. The highest BCUT2D eigenvalue weighted by molar-refractivity contribution is 5.88. The van der Waals surface area contributed by atoms with E-state index in [1.54, 1.807) is 13.8 Å². The maximum absolute atomic E-state index is 12.2. The first-order chi connectivity index (χ1) is 11.1. The quantitative estimate of drug-likeness (QED) is 0.661. The summed E-state index contributed by atoms with van der Waals surface area (Å²) < 4.78 is 36.5. The summed E-state index contributed by atoms with van der Waals surface area (Å²) in [5, 5.41) is 2.71. The monoisotopic (exact) mass is 338 g/mol. The number of likely N-dealkylation sites (N-methyl/N-ethyl adjacent to an activating group) is 1. The molecule has 1 rings (SSSR count). The Bertz CT molecular complexity index is 625. The molecule has 1 N–H and O–H groups in total. The number of alkyl halides is 3. The normalized spacial score (nSPS) is 12.1. The topological polar surface area (TPSA) is 32.3 Å². The van der Waals surface area contributed by atoms with E-state index >= 15 is 0 Å². The van der Waals surface area contributed by atoms with Crippen LogP contribution in [0.4, 0.5) is 13.2 Å². The van der Waals surface area contributed by atoms with Gasteiger partial charge in [-0.2, -0.15) is 13.2 Å². The lowest BCUT2D eigenvalue weighted by atomic mass is 10.1. The van der Waals surface area contributed by atoms with Gasteiger partial charge >= 0.3 is 6.18 Å². The van der Waals surface area contributed by atoms with Crippen LogP contribution in [0.15, 0.2) is 42.5 Å². The van der Waals surface area contributed by atoms with Gasteiger partial charge in [0.25, 0.3) is 0 Å². The van der Waals surface area contributed by atoms with E-state index in [-0.39, 0.29) is 6.54 Å². The molecule has 1 aromatic rings. The lowest BCUT2D eigenvalue weighted by Gasteiger charge is -2.19. The average Bonchev–Trinajstić information content (AvgIpc) is 2.44. The Kier molecular flexibility index (Phi) is 7.05. The number of nitrogens with zero attached hydrogens (tertiary/aromatic N) is 1. The number of nitrogens with one attached hydrogen (secondary N) is 1. The van der Waals surface area contributed by atoms with Crippen molar-refractivity contribution in [2.45, 2.75) is 25.6 Å². The zero-order valence-corrected chi connectivity index (χ0v) is 13.9. The van der Waals surface area contributed by atoms with Crippen molar-refractivity contribution in [3.63, 3.8) is 0 Å². The highest BCUT2D eigenvalue weighted by Gasteiger charge is 2.28. The summed E-state index contributed by atoms with van der Waals surface area (Å²) in [6.07, 6.45) is -1.64. The van der Waals surface area contributed by atoms with E-state index in [0.29, 0.717) is 0 Å². The minimum absolute atomic E-state index is 0.0308. The van der Waals surface area contributed by atoms with Gasteiger partial charge in [0, 0.05) is 18.2 Å². The Morgan fingerprint density at radius 1 is 1.25 bits per heavy atom.